The lowest BCUT2D eigenvalue weighted by Crippen LogP contribution is -2.50. The van der Waals surface area contributed by atoms with Gasteiger partial charge in [0.05, 0.1) is 0 Å². The minimum atomic E-state index is -0.448. The molecule has 1 aromatic heterocycles. The molecular weight excluding hydrogens is 252 g/mol. The van der Waals surface area contributed by atoms with Crippen LogP contribution in [0, 0.1) is 0 Å². The van der Waals surface area contributed by atoms with E-state index in [0.29, 0.717) is 18.1 Å². The molecule has 0 atom stereocenters. The normalized spacial score (nSPS) is 16.3. The van der Waals surface area contributed by atoms with Crippen molar-refractivity contribution in [1.29, 1.82) is 0 Å². The van der Waals surface area contributed by atoms with Crippen molar-refractivity contribution >= 4 is 17.7 Å². The summed E-state index contributed by atoms with van der Waals surface area (Å²) in [5.41, 5.74) is 0.485. The highest BCUT2D eigenvalue weighted by molar-refractivity contribution is 6.30. The summed E-state index contributed by atoms with van der Waals surface area (Å²) in [6, 6.07) is 3.59. The van der Waals surface area contributed by atoms with Crippen LogP contribution in [0.3, 0.4) is 0 Å². The van der Waals surface area contributed by atoms with Gasteiger partial charge in [0.15, 0.2) is 0 Å². The highest BCUT2D eigenvalue weighted by Gasteiger charge is 2.35. The number of amides is 1. The maximum atomic E-state index is 11.7. The molecule has 1 saturated heterocycles. The molecule has 0 radical (unpaired) electrons. The summed E-state index contributed by atoms with van der Waals surface area (Å²) in [5.74, 6) is 0.260. The van der Waals surface area contributed by atoms with E-state index >= 15 is 0 Å². The first-order chi connectivity index (χ1) is 8.35. The molecule has 0 saturated carbocycles. The summed E-state index contributed by atoms with van der Waals surface area (Å²) >= 11 is 5.91. The average Bonchev–Trinajstić information content (AvgIpc) is 2.11. The molecule has 0 N–H and O–H groups in total. The van der Waals surface area contributed by atoms with Gasteiger partial charge in [0.25, 0.3) is 0 Å². The van der Waals surface area contributed by atoms with Gasteiger partial charge in [-0.05, 0) is 32.9 Å². The summed E-state index contributed by atoms with van der Waals surface area (Å²) in [6.45, 7) is 6.87. The molecule has 1 aliphatic rings. The van der Waals surface area contributed by atoms with Crippen LogP contribution in [0.4, 0.5) is 4.79 Å². The molecule has 1 fully saturated rings. The van der Waals surface area contributed by atoms with Gasteiger partial charge < -0.3 is 9.64 Å². The van der Waals surface area contributed by atoms with Gasteiger partial charge in [-0.15, -0.1) is 0 Å². The number of hydrogen-bond donors (Lipinski definition) is 0. The van der Waals surface area contributed by atoms with Crippen molar-refractivity contribution < 1.29 is 9.53 Å². The van der Waals surface area contributed by atoms with E-state index in [1.165, 1.54) is 0 Å². The first-order valence-electron chi connectivity index (χ1n) is 5.94. The lowest BCUT2D eigenvalue weighted by Gasteiger charge is -2.39. The van der Waals surface area contributed by atoms with Crippen LogP contribution in [-0.2, 0) is 4.74 Å². The minimum Gasteiger partial charge on any atom is -0.444 e. The van der Waals surface area contributed by atoms with Crippen LogP contribution in [0.5, 0.6) is 0 Å². The third-order valence-corrected chi connectivity index (χ3v) is 2.93. The lowest BCUT2D eigenvalue weighted by molar-refractivity contribution is 0.00788. The van der Waals surface area contributed by atoms with Gasteiger partial charge in [0.2, 0.25) is 0 Å². The summed E-state index contributed by atoms with van der Waals surface area (Å²) in [6.07, 6.45) is 1.43. The number of rotatable bonds is 1. The fourth-order valence-electron chi connectivity index (χ4n) is 1.79. The molecule has 4 nitrogen and oxygen atoms in total. The first-order valence-corrected chi connectivity index (χ1v) is 6.32. The SMILES string of the molecule is CC(C)(C)OC(=O)N1CC(c2cc(Cl)ccn2)C1. The summed E-state index contributed by atoms with van der Waals surface area (Å²) < 4.78 is 5.29. The maximum absolute atomic E-state index is 11.7. The highest BCUT2D eigenvalue weighted by Crippen LogP contribution is 2.28. The van der Waals surface area contributed by atoms with Crippen LogP contribution in [0.25, 0.3) is 0 Å². The number of ether oxygens (including phenoxy) is 1. The highest BCUT2D eigenvalue weighted by atomic mass is 35.5. The molecule has 0 aliphatic carbocycles. The topological polar surface area (TPSA) is 42.4 Å². The van der Waals surface area contributed by atoms with Crippen molar-refractivity contribution in [3.05, 3.63) is 29.0 Å². The summed E-state index contributed by atoms with van der Waals surface area (Å²) in [7, 11) is 0. The number of halogens is 1. The van der Waals surface area contributed by atoms with E-state index in [9.17, 15) is 4.79 Å². The Labute approximate surface area is 112 Å². The smallest absolute Gasteiger partial charge is 0.410 e. The molecule has 1 aromatic rings. The fraction of sp³-hybridized carbons (Fsp3) is 0.538. The monoisotopic (exact) mass is 268 g/mol. The second-order valence-corrected chi connectivity index (χ2v) is 5.92. The summed E-state index contributed by atoms with van der Waals surface area (Å²) in [4.78, 5) is 17.7. The van der Waals surface area contributed by atoms with Crippen LogP contribution < -0.4 is 0 Å². The number of nitrogens with zero attached hydrogens (tertiary/aromatic N) is 2. The molecule has 5 heteroatoms. The Kier molecular flexibility index (Phi) is 3.48. The zero-order valence-electron chi connectivity index (χ0n) is 10.8. The van der Waals surface area contributed by atoms with Gasteiger partial charge in [-0.2, -0.15) is 0 Å². The standard InChI is InChI=1S/C13H17ClN2O2/c1-13(2,3)18-12(17)16-7-9(8-16)11-6-10(14)4-5-15-11/h4-6,9H,7-8H2,1-3H3. The van der Waals surface area contributed by atoms with Crippen molar-refractivity contribution in [1.82, 2.24) is 9.88 Å². The number of aromatic nitrogens is 1. The number of pyridine rings is 1. The molecule has 1 aliphatic heterocycles. The number of hydrogen-bond acceptors (Lipinski definition) is 3. The molecule has 0 bridgehead atoms. The maximum Gasteiger partial charge on any atom is 0.410 e. The van der Waals surface area contributed by atoms with Gasteiger partial charge >= 0.3 is 6.09 Å². The molecule has 1 amide bonds. The zero-order valence-corrected chi connectivity index (χ0v) is 11.6. The predicted octanol–water partition coefficient (Wildman–Crippen LogP) is 3.07. The minimum absolute atomic E-state index is 0.260. The Balaban J connectivity index is 1.89. The van der Waals surface area contributed by atoms with E-state index in [2.05, 4.69) is 4.98 Å². The quantitative estimate of drug-likeness (QED) is 0.786. The Morgan fingerprint density at radius 3 is 2.72 bits per heavy atom. The van der Waals surface area contributed by atoms with E-state index in [1.807, 2.05) is 26.8 Å². The van der Waals surface area contributed by atoms with Crippen molar-refractivity contribution in [3.8, 4) is 0 Å². The third-order valence-electron chi connectivity index (χ3n) is 2.69. The fourth-order valence-corrected chi connectivity index (χ4v) is 1.95. The molecule has 0 aromatic carbocycles. The number of likely N-dealkylation sites (tertiary alicyclic amines) is 1. The largest absolute Gasteiger partial charge is 0.444 e. The van der Waals surface area contributed by atoms with E-state index < -0.39 is 5.60 Å². The third kappa shape index (κ3) is 3.13. The van der Waals surface area contributed by atoms with Gasteiger partial charge in [0.1, 0.15) is 5.60 Å². The Morgan fingerprint density at radius 1 is 1.50 bits per heavy atom. The van der Waals surface area contributed by atoms with Crippen LogP contribution in [0.2, 0.25) is 5.02 Å². The van der Waals surface area contributed by atoms with Gasteiger partial charge in [-0.25, -0.2) is 4.79 Å². The van der Waals surface area contributed by atoms with Crippen molar-refractivity contribution in [3.63, 3.8) is 0 Å². The van der Waals surface area contributed by atoms with E-state index in [1.54, 1.807) is 17.2 Å². The van der Waals surface area contributed by atoms with Gasteiger partial charge in [0, 0.05) is 35.9 Å². The molecular formula is C13H17ClN2O2. The van der Waals surface area contributed by atoms with E-state index in [4.69, 9.17) is 16.3 Å². The van der Waals surface area contributed by atoms with Crippen LogP contribution in [0.1, 0.15) is 32.4 Å². The van der Waals surface area contributed by atoms with Crippen LogP contribution >= 0.6 is 11.6 Å². The Hall–Kier alpha value is -1.29. The van der Waals surface area contributed by atoms with E-state index in [0.717, 1.165) is 5.69 Å². The lowest BCUT2D eigenvalue weighted by atomic mass is 9.96. The first kappa shape index (κ1) is 13.1. The second kappa shape index (κ2) is 4.76. The average molecular weight is 269 g/mol. The molecule has 0 spiro atoms. The van der Waals surface area contributed by atoms with Crippen molar-refractivity contribution in [2.75, 3.05) is 13.1 Å². The Morgan fingerprint density at radius 2 is 2.17 bits per heavy atom. The second-order valence-electron chi connectivity index (χ2n) is 5.48. The van der Waals surface area contributed by atoms with Gasteiger partial charge in [-0.3, -0.25) is 4.98 Å². The Bertz CT molecular complexity index is 451. The zero-order chi connectivity index (χ0) is 13.3. The van der Waals surface area contributed by atoms with E-state index in [-0.39, 0.29) is 12.0 Å². The number of carbonyl (C=O) groups excluding carboxylic acids is 1. The molecule has 2 rings (SSSR count). The van der Waals surface area contributed by atoms with Crippen LogP contribution in [-0.4, -0.2) is 34.7 Å². The molecule has 18 heavy (non-hydrogen) atoms. The van der Waals surface area contributed by atoms with Crippen LogP contribution in [0.15, 0.2) is 18.3 Å². The molecule has 2 heterocycles. The van der Waals surface area contributed by atoms with Crippen molar-refractivity contribution in [2.24, 2.45) is 0 Å². The van der Waals surface area contributed by atoms with Gasteiger partial charge in [-0.1, -0.05) is 11.6 Å². The number of carbonyl (C=O) groups is 1. The molecule has 0 unspecified atom stereocenters. The molecule has 98 valence electrons. The predicted molar refractivity (Wildman–Crippen MR) is 69.8 cm³/mol. The summed E-state index contributed by atoms with van der Waals surface area (Å²) in [5, 5.41) is 0.677. The van der Waals surface area contributed by atoms with Crippen molar-refractivity contribution in [2.45, 2.75) is 32.3 Å².